The molecule has 0 aromatic heterocycles. The maximum atomic E-state index is 13.4. The first-order valence-corrected chi connectivity index (χ1v) is 10.3. The normalized spacial score (nSPS) is 15.7. The van der Waals surface area contributed by atoms with E-state index in [1.54, 1.807) is 36.4 Å². The van der Waals surface area contributed by atoms with Crippen molar-refractivity contribution in [1.82, 2.24) is 10.0 Å². The van der Waals surface area contributed by atoms with Crippen molar-refractivity contribution < 1.29 is 22.3 Å². The molecule has 2 aromatic rings. The Morgan fingerprint density at radius 3 is 2.71 bits per heavy atom. The van der Waals surface area contributed by atoms with Crippen molar-refractivity contribution in [2.45, 2.75) is 17.7 Å². The molecule has 1 aliphatic rings. The van der Waals surface area contributed by atoms with Gasteiger partial charge in [-0.25, -0.2) is 12.8 Å². The topological polar surface area (TPSA) is 96.9 Å². The summed E-state index contributed by atoms with van der Waals surface area (Å²) >= 11 is 0. The van der Waals surface area contributed by atoms with E-state index in [9.17, 15) is 17.6 Å². The molecule has 2 N–H and O–H groups in total. The maximum absolute atomic E-state index is 13.4. The summed E-state index contributed by atoms with van der Waals surface area (Å²) in [6.07, 6.45) is 0.656. The van der Waals surface area contributed by atoms with Crippen LogP contribution in [0.4, 0.5) is 4.39 Å². The smallest absolute Gasteiger partial charge is 0.263 e. The number of ether oxygens (including phenoxy) is 1. The number of sulfonamides is 1. The molecular weight excluding hydrogens is 385 g/mol. The minimum Gasteiger partial charge on any atom is -0.490 e. The monoisotopic (exact) mass is 405 g/mol. The lowest BCUT2D eigenvalue weighted by molar-refractivity contribution is -0.120. The molecular formula is C19H20FN3O4S. The molecule has 0 aliphatic carbocycles. The number of rotatable bonds is 8. The molecule has 0 atom stereocenters. The van der Waals surface area contributed by atoms with Gasteiger partial charge in [0.2, 0.25) is 5.91 Å². The van der Waals surface area contributed by atoms with Crippen molar-refractivity contribution in [3.05, 3.63) is 59.9 Å². The van der Waals surface area contributed by atoms with Crippen LogP contribution in [0.5, 0.6) is 5.75 Å². The Labute approximate surface area is 162 Å². The van der Waals surface area contributed by atoms with E-state index in [0.717, 1.165) is 0 Å². The first-order chi connectivity index (χ1) is 13.5. The molecule has 3 rings (SSSR count). The van der Waals surface area contributed by atoms with Crippen molar-refractivity contribution >= 4 is 21.8 Å². The second kappa shape index (κ2) is 8.83. The van der Waals surface area contributed by atoms with Crippen molar-refractivity contribution in [3.8, 4) is 5.75 Å². The van der Waals surface area contributed by atoms with Crippen LogP contribution >= 0.6 is 0 Å². The molecule has 9 heteroatoms. The van der Waals surface area contributed by atoms with Crippen LogP contribution in [0.25, 0.3) is 0 Å². The van der Waals surface area contributed by atoms with Gasteiger partial charge in [0.1, 0.15) is 5.84 Å². The third kappa shape index (κ3) is 4.86. The zero-order chi connectivity index (χ0) is 20.0. The second-order valence-corrected chi connectivity index (χ2v) is 7.72. The Morgan fingerprint density at radius 1 is 1.14 bits per heavy atom. The van der Waals surface area contributed by atoms with Crippen molar-refractivity contribution in [1.29, 1.82) is 0 Å². The summed E-state index contributed by atoms with van der Waals surface area (Å²) in [7, 11) is -3.57. The quantitative estimate of drug-likeness (QED) is 0.655. The fraction of sp³-hybridized carbons (Fsp3) is 0.263. The van der Waals surface area contributed by atoms with Gasteiger partial charge < -0.3 is 10.1 Å². The molecule has 1 amide bonds. The highest BCUT2D eigenvalue weighted by molar-refractivity contribution is 7.90. The molecule has 0 spiro atoms. The van der Waals surface area contributed by atoms with Crippen molar-refractivity contribution in [3.63, 3.8) is 0 Å². The van der Waals surface area contributed by atoms with Gasteiger partial charge in [0.15, 0.2) is 11.6 Å². The lowest BCUT2D eigenvalue weighted by Gasteiger charge is -2.07. The highest BCUT2D eigenvalue weighted by Gasteiger charge is 2.29. The number of aliphatic imine (C=N–C) groups is 1. The van der Waals surface area contributed by atoms with Gasteiger partial charge in [0, 0.05) is 18.5 Å². The molecule has 7 nitrogen and oxygen atoms in total. The van der Waals surface area contributed by atoms with E-state index in [4.69, 9.17) is 4.74 Å². The summed E-state index contributed by atoms with van der Waals surface area (Å²) < 4.78 is 45.0. The number of hydrogen-bond acceptors (Lipinski definition) is 5. The van der Waals surface area contributed by atoms with Crippen molar-refractivity contribution in [2.24, 2.45) is 4.99 Å². The van der Waals surface area contributed by atoms with Gasteiger partial charge in [-0.2, -0.15) is 0 Å². The number of carbonyl (C=O) groups is 1. The molecule has 148 valence electrons. The van der Waals surface area contributed by atoms with E-state index < -0.39 is 15.8 Å². The fourth-order valence-electron chi connectivity index (χ4n) is 2.65. The average Bonchev–Trinajstić information content (AvgIpc) is 2.94. The Bertz CT molecular complexity index is 992. The standard InChI is InChI=1S/C19H20FN3O4S/c20-15-7-2-3-8-16(15)27-13-5-11-21-18(24)10-12-22-19-14-6-1-4-9-17(14)28(25,26)23-19/h1-4,6-9H,5,10-13H2,(H,21,24)(H,22,23). The Morgan fingerprint density at radius 2 is 1.89 bits per heavy atom. The van der Waals surface area contributed by atoms with Crippen LogP contribution in [-0.4, -0.2) is 39.9 Å². The first-order valence-electron chi connectivity index (χ1n) is 8.78. The zero-order valence-electron chi connectivity index (χ0n) is 15.0. The minimum atomic E-state index is -3.57. The summed E-state index contributed by atoms with van der Waals surface area (Å²) in [6.45, 7) is 0.825. The van der Waals surface area contributed by atoms with Gasteiger partial charge in [0.05, 0.1) is 18.0 Å². The summed E-state index contributed by atoms with van der Waals surface area (Å²) in [4.78, 5) is 16.2. The molecule has 0 fully saturated rings. The third-order valence-corrected chi connectivity index (χ3v) is 5.41. The number of hydrogen-bond donors (Lipinski definition) is 2. The molecule has 0 unspecified atom stereocenters. The number of nitrogens with one attached hydrogen (secondary N) is 2. The molecule has 1 heterocycles. The number of fused-ring (bicyclic) bond motifs is 1. The molecule has 28 heavy (non-hydrogen) atoms. The van der Waals surface area contributed by atoms with Crippen molar-refractivity contribution in [2.75, 3.05) is 19.7 Å². The molecule has 2 aromatic carbocycles. The van der Waals surface area contributed by atoms with Crippen LogP contribution in [0, 0.1) is 5.82 Å². The van der Waals surface area contributed by atoms with Crippen LogP contribution in [0.2, 0.25) is 0 Å². The summed E-state index contributed by atoms with van der Waals surface area (Å²) in [5.74, 6) is -0.190. The van der Waals surface area contributed by atoms with Crippen LogP contribution in [0.3, 0.4) is 0 Å². The summed E-state index contributed by atoms with van der Waals surface area (Å²) in [6, 6.07) is 12.7. The van der Waals surface area contributed by atoms with E-state index in [2.05, 4.69) is 15.0 Å². The summed E-state index contributed by atoms with van der Waals surface area (Å²) in [5.41, 5.74) is 0.508. The van der Waals surface area contributed by atoms with Gasteiger partial charge in [-0.05, 0) is 30.7 Å². The number of carbonyl (C=O) groups excluding carboxylic acids is 1. The van der Waals surface area contributed by atoms with Crippen LogP contribution in [-0.2, 0) is 14.8 Å². The largest absolute Gasteiger partial charge is 0.490 e. The van der Waals surface area contributed by atoms with Gasteiger partial charge in [-0.15, -0.1) is 0 Å². The van der Waals surface area contributed by atoms with Gasteiger partial charge >= 0.3 is 0 Å². The zero-order valence-corrected chi connectivity index (χ0v) is 15.8. The Hall–Kier alpha value is -2.94. The molecule has 1 aliphatic heterocycles. The number of amidine groups is 1. The fourth-order valence-corrected chi connectivity index (χ4v) is 3.90. The van der Waals surface area contributed by atoms with Crippen LogP contribution in [0.15, 0.2) is 58.4 Å². The SMILES string of the molecule is O=C(CCN=C1NS(=O)(=O)c2ccccc21)NCCCOc1ccccc1F. The highest BCUT2D eigenvalue weighted by atomic mass is 32.2. The Balaban J connectivity index is 1.38. The van der Waals surface area contributed by atoms with E-state index in [1.165, 1.54) is 12.1 Å². The number of benzene rings is 2. The minimum absolute atomic E-state index is 0.127. The van der Waals surface area contributed by atoms with Gasteiger partial charge in [-0.1, -0.05) is 24.3 Å². The third-order valence-electron chi connectivity index (χ3n) is 4.01. The van der Waals surface area contributed by atoms with E-state index in [0.29, 0.717) is 18.5 Å². The van der Waals surface area contributed by atoms with E-state index in [1.807, 2.05) is 0 Å². The molecule has 0 saturated heterocycles. The predicted molar refractivity (Wildman–Crippen MR) is 102 cm³/mol. The van der Waals surface area contributed by atoms with E-state index >= 15 is 0 Å². The maximum Gasteiger partial charge on any atom is 0.263 e. The lowest BCUT2D eigenvalue weighted by atomic mass is 10.2. The number of amides is 1. The van der Waals surface area contributed by atoms with Crippen LogP contribution < -0.4 is 14.8 Å². The average molecular weight is 405 g/mol. The van der Waals surface area contributed by atoms with Gasteiger partial charge in [0.25, 0.3) is 10.0 Å². The number of nitrogens with zero attached hydrogens (tertiary/aromatic N) is 1. The molecule has 0 bridgehead atoms. The first kappa shape index (κ1) is 19.8. The van der Waals surface area contributed by atoms with E-state index in [-0.39, 0.29) is 42.0 Å². The Kier molecular flexibility index (Phi) is 6.25. The van der Waals surface area contributed by atoms with Gasteiger partial charge in [-0.3, -0.25) is 14.5 Å². The highest BCUT2D eigenvalue weighted by Crippen LogP contribution is 2.22. The summed E-state index contributed by atoms with van der Waals surface area (Å²) in [5, 5.41) is 2.72. The second-order valence-electron chi connectivity index (χ2n) is 6.06. The number of para-hydroxylation sites is 1. The molecule has 0 radical (unpaired) electrons. The lowest BCUT2D eigenvalue weighted by Crippen LogP contribution is -2.27. The number of halogens is 1. The predicted octanol–water partition coefficient (Wildman–Crippen LogP) is 1.84. The molecule has 0 saturated carbocycles. The van der Waals surface area contributed by atoms with Crippen LogP contribution in [0.1, 0.15) is 18.4 Å².